The summed E-state index contributed by atoms with van der Waals surface area (Å²) in [6, 6.07) is 14.1. The molecule has 0 unspecified atom stereocenters. The molecule has 3 rings (SSSR count). The first-order valence-electron chi connectivity index (χ1n) is 9.64. The van der Waals surface area contributed by atoms with E-state index in [0.717, 1.165) is 12.1 Å². The fourth-order valence-electron chi connectivity index (χ4n) is 3.34. The number of carbonyl (C=O) groups excluding carboxylic acids is 1. The van der Waals surface area contributed by atoms with Gasteiger partial charge < -0.3 is 10.1 Å². The molecule has 1 amide bonds. The second-order valence-corrected chi connectivity index (χ2v) is 6.99. The number of hydrogen-bond donors (Lipinski definition) is 1. The first-order valence-corrected chi connectivity index (χ1v) is 9.64. The van der Waals surface area contributed by atoms with Crippen LogP contribution in [0.2, 0.25) is 0 Å². The maximum Gasteiger partial charge on any atom is 0.261 e. The number of nitrogens with zero attached hydrogens (tertiary/aromatic N) is 1. The number of hydrogen-bond acceptors (Lipinski definition) is 3. The van der Waals surface area contributed by atoms with E-state index in [-0.39, 0.29) is 11.7 Å². The lowest BCUT2D eigenvalue weighted by atomic mass is 10.1. The number of nitrogens with one attached hydrogen (secondary N) is 1. The molecule has 0 saturated carbocycles. The number of likely N-dealkylation sites (tertiary alicyclic amines) is 1. The van der Waals surface area contributed by atoms with E-state index in [4.69, 9.17) is 4.74 Å². The number of amides is 1. The molecule has 0 aliphatic carbocycles. The lowest BCUT2D eigenvalue weighted by Crippen LogP contribution is -2.37. The molecule has 2 aromatic rings. The van der Waals surface area contributed by atoms with Gasteiger partial charge in [0.15, 0.2) is 6.10 Å². The highest BCUT2D eigenvalue weighted by Gasteiger charge is 2.18. The minimum absolute atomic E-state index is 0.160. The molecular weight excluding hydrogens is 343 g/mol. The third-order valence-corrected chi connectivity index (χ3v) is 4.82. The third kappa shape index (κ3) is 5.79. The van der Waals surface area contributed by atoms with E-state index in [2.05, 4.69) is 22.3 Å². The van der Waals surface area contributed by atoms with Crippen molar-refractivity contribution in [3.8, 4) is 5.75 Å². The predicted octanol–water partition coefficient (Wildman–Crippen LogP) is 3.90. The number of carbonyl (C=O) groups is 1. The Hall–Kier alpha value is -2.40. The van der Waals surface area contributed by atoms with E-state index in [9.17, 15) is 9.18 Å². The van der Waals surface area contributed by atoms with E-state index in [1.54, 1.807) is 0 Å². The Morgan fingerprint density at radius 1 is 1.15 bits per heavy atom. The zero-order valence-corrected chi connectivity index (χ0v) is 15.8. The van der Waals surface area contributed by atoms with Crippen molar-refractivity contribution in [3.05, 3.63) is 65.5 Å². The zero-order valence-electron chi connectivity index (χ0n) is 15.8. The van der Waals surface area contributed by atoms with Gasteiger partial charge in [-0.15, -0.1) is 0 Å². The minimum Gasteiger partial charge on any atom is -0.481 e. The molecular formula is C22H27FN2O2. The predicted molar refractivity (Wildman–Crippen MR) is 104 cm³/mol. The lowest BCUT2D eigenvalue weighted by molar-refractivity contribution is -0.128. The number of benzene rings is 2. The standard InChI is InChI=1S/C22H27FN2O2/c1-2-21(27-20-10-8-19(23)9-11-20)22(26)24-15-17-6-5-7-18(14-17)16-25-12-3-4-13-25/h5-11,14,21H,2-4,12-13,15-16H2,1H3,(H,24,26)/t21-/m1/s1. The van der Waals surface area contributed by atoms with Crippen molar-refractivity contribution >= 4 is 5.91 Å². The quantitative estimate of drug-likeness (QED) is 0.766. The first kappa shape index (κ1) is 19.4. The summed E-state index contributed by atoms with van der Waals surface area (Å²) in [5, 5.41) is 2.95. The van der Waals surface area contributed by atoms with Crippen molar-refractivity contribution in [1.29, 1.82) is 0 Å². The number of rotatable bonds is 8. The second-order valence-electron chi connectivity index (χ2n) is 6.99. The molecule has 4 nitrogen and oxygen atoms in total. The largest absolute Gasteiger partial charge is 0.481 e. The monoisotopic (exact) mass is 370 g/mol. The molecule has 1 saturated heterocycles. The number of ether oxygens (including phenoxy) is 1. The van der Waals surface area contributed by atoms with E-state index in [1.165, 1.54) is 55.8 Å². The molecule has 1 aliphatic rings. The van der Waals surface area contributed by atoms with Gasteiger partial charge in [0.2, 0.25) is 0 Å². The van der Waals surface area contributed by atoms with E-state index < -0.39 is 6.10 Å². The van der Waals surface area contributed by atoms with Gasteiger partial charge in [-0.1, -0.05) is 31.2 Å². The van der Waals surface area contributed by atoms with Gasteiger partial charge in [-0.2, -0.15) is 0 Å². The highest BCUT2D eigenvalue weighted by molar-refractivity contribution is 5.81. The Bertz CT molecular complexity index is 742. The van der Waals surface area contributed by atoms with Crippen LogP contribution in [0.5, 0.6) is 5.75 Å². The third-order valence-electron chi connectivity index (χ3n) is 4.82. The second kappa shape index (κ2) is 9.51. The van der Waals surface area contributed by atoms with Gasteiger partial charge in [-0.05, 0) is 67.7 Å². The zero-order chi connectivity index (χ0) is 19.1. The van der Waals surface area contributed by atoms with E-state index in [1.807, 2.05) is 19.1 Å². The van der Waals surface area contributed by atoms with E-state index >= 15 is 0 Å². The summed E-state index contributed by atoms with van der Waals surface area (Å²) in [6.07, 6.45) is 2.51. The van der Waals surface area contributed by atoms with Crippen LogP contribution in [0.25, 0.3) is 0 Å². The molecule has 5 heteroatoms. The lowest BCUT2D eigenvalue weighted by Gasteiger charge is -2.18. The van der Waals surface area contributed by atoms with Crippen molar-refractivity contribution in [2.24, 2.45) is 0 Å². The van der Waals surface area contributed by atoms with Crippen LogP contribution in [0, 0.1) is 5.82 Å². The van der Waals surface area contributed by atoms with Gasteiger partial charge in [-0.25, -0.2) is 4.39 Å². The summed E-state index contributed by atoms with van der Waals surface area (Å²) in [6.45, 7) is 5.66. The van der Waals surface area contributed by atoms with Gasteiger partial charge in [0.05, 0.1) is 0 Å². The molecule has 1 atom stereocenters. The van der Waals surface area contributed by atoms with Crippen molar-refractivity contribution in [2.45, 2.75) is 45.4 Å². The van der Waals surface area contributed by atoms with Crippen LogP contribution < -0.4 is 10.1 Å². The molecule has 0 radical (unpaired) electrons. The summed E-state index contributed by atoms with van der Waals surface area (Å²) in [5.41, 5.74) is 2.36. The van der Waals surface area contributed by atoms with Crippen LogP contribution in [0.1, 0.15) is 37.3 Å². The van der Waals surface area contributed by atoms with Crippen LogP contribution in [-0.4, -0.2) is 30.0 Å². The summed E-state index contributed by atoms with van der Waals surface area (Å²) in [5.74, 6) is 0.00597. The maximum atomic E-state index is 13.0. The fraction of sp³-hybridized carbons (Fsp3) is 0.409. The van der Waals surface area contributed by atoms with Gasteiger partial charge in [0.25, 0.3) is 5.91 Å². The summed E-state index contributed by atoms with van der Waals surface area (Å²) < 4.78 is 18.7. The smallest absolute Gasteiger partial charge is 0.261 e. The molecule has 27 heavy (non-hydrogen) atoms. The molecule has 1 N–H and O–H groups in total. The Morgan fingerprint density at radius 3 is 2.56 bits per heavy atom. The molecule has 2 aromatic carbocycles. The van der Waals surface area contributed by atoms with Crippen LogP contribution in [-0.2, 0) is 17.9 Å². The highest BCUT2D eigenvalue weighted by Crippen LogP contribution is 2.16. The molecule has 0 bridgehead atoms. The van der Waals surface area contributed by atoms with Gasteiger partial charge in [0, 0.05) is 13.1 Å². The summed E-state index contributed by atoms with van der Waals surface area (Å²) in [7, 11) is 0. The van der Waals surface area contributed by atoms with Gasteiger partial charge in [0.1, 0.15) is 11.6 Å². The average molecular weight is 370 g/mol. The SMILES string of the molecule is CC[C@@H](Oc1ccc(F)cc1)C(=O)NCc1cccc(CN2CCCC2)c1. The van der Waals surface area contributed by atoms with Gasteiger partial charge >= 0.3 is 0 Å². The van der Waals surface area contributed by atoms with Crippen molar-refractivity contribution in [1.82, 2.24) is 10.2 Å². The topological polar surface area (TPSA) is 41.6 Å². The van der Waals surface area contributed by atoms with Crippen molar-refractivity contribution in [3.63, 3.8) is 0 Å². The Labute approximate surface area is 160 Å². The van der Waals surface area contributed by atoms with Crippen LogP contribution in [0.15, 0.2) is 48.5 Å². The molecule has 1 fully saturated rings. The molecule has 0 spiro atoms. The maximum absolute atomic E-state index is 13.0. The normalized spacial score (nSPS) is 15.5. The average Bonchev–Trinajstić information content (AvgIpc) is 3.19. The Morgan fingerprint density at radius 2 is 1.85 bits per heavy atom. The molecule has 144 valence electrons. The molecule has 1 heterocycles. The highest BCUT2D eigenvalue weighted by atomic mass is 19.1. The summed E-state index contributed by atoms with van der Waals surface area (Å²) >= 11 is 0. The van der Waals surface area contributed by atoms with Crippen LogP contribution in [0.4, 0.5) is 4.39 Å². The number of halogens is 1. The van der Waals surface area contributed by atoms with E-state index in [0.29, 0.717) is 18.7 Å². The Kier molecular flexibility index (Phi) is 6.82. The van der Waals surface area contributed by atoms with Gasteiger partial charge in [-0.3, -0.25) is 9.69 Å². The summed E-state index contributed by atoms with van der Waals surface area (Å²) in [4.78, 5) is 14.9. The minimum atomic E-state index is -0.594. The van der Waals surface area contributed by atoms with Crippen molar-refractivity contribution < 1.29 is 13.9 Å². The van der Waals surface area contributed by atoms with Crippen LogP contribution >= 0.6 is 0 Å². The molecule has 0 aromatic heterocycles. The molecule has 1 aliphatic heterocycles. The first-order chi connectivity index (χ1) is 13.1. The van der Waals surface area contributed by atoms with Crippen molar-refractivity contribution in [2.75, 3.05) is 13.1 Å². The Balaban J connectivity index is 1.53. The van der Waals surface area contributed by atoms with Crippen LogP contribution in [0.3, 0.4) is 0 Å². The fourth-order valence-corrected chi connectivity index (χ4v) is 3.34.